The Bertz CT molecular complexity index is 1960. The number of rotatable bonds is 17. The van der Waals surface area contributed by atoms with Crippen molar-refractivity contribution in [3.63, 3.8) is 0 Å². The summed E-state index contributed by atoms with van der Waals surface area (Å²) in [5.41, 5.74) is 1.32. The van der Waals surface area contributed by atoms with Crippen molar-refractivity contribution < 1.29 is 46.6 Å². The van der Waals surface area contributed by atoms with Crippen LogP contribution in [-0.4, -0.2) is 83.1 Å². The minimum absolute atomic E-state index is 0. The number of hydrogen-bond acceptors (Lipinski definition) is 13. The Balaban J connectivity index is 0.00000673. The standard InChI is InChI=1S/C35H34ClF3N8O7.CH4/c1-52-27-12-3-20(18-41-27)17-26(48)29(50)40-16-13-25(30(51)53-2)43-28(49)21-4-10-24(11-5-21)42-31-44-32(46-33(45-31)54-19-35(37,38)39)47-34(14-15-34)22-6-8-23(36)9-7-22;/h3-12,18,25H,13-17,19H2,1-2H3,(H,40,50)(H,43,49)(H2,42,44,45,46,47);1H4/t25-;/m0./s1. The van der Waals surface area contributed by atoms with E-state index in [4.69, 9.17) is 25.8 Å². The predicted octanol–water partition coefficient (Wildman–Crippen LogP) is 4.94. The van der Waals surface area contributed by atoms with Crippen molar-refractivity contribution in [1.82, 2.24) is 30.6 Å². The number of benzene rings is 2. The van der Waals surface area contributed by atoms with E-state index in [2.05, 4.69) is 41.2 Å². The molecule has 2 heterocycles. The molecule has 2 aromatic heterocycles. The largest absolute Gasteiger partial charge is 0.481 e. The Labute approximate surface area is 318 Å². The van der Waals surface area contributed by atoms with Crippen LogP contribution in [0.1, 0.15) is 48.2 Å². The van der Waals surface area contributed by atoms with Crippen LogP contribution in [0.2, 0.25) is 5.02 Å². The summed E-state index contributed by atoms with van der Waals surface area (Å²) in [6.45, 7) is -1.76. The summed E-state index contributed by atoms with van der Waals surface area (Å²) < 4.78 is 53.4. The molecular formula is C36H38ClF3N8O7. The van der Waals surface area contributed by atoms with Crippen LogP contribution in [-0.2, 0) is 31.1 Å². The fourth-order valence-electron chi connectivity index (χ4n) is 5.07. The first-order valence-corrected chi connectivity index (χ1v) is 16.7. The van der Waals surface area contributed by atoms with E-state index in [9.17, 15) is 32.3 Å². The van der Waals surface area contributed by atoms with Gasteiger partial charge in [0.25, 0.3) is 11.8 Å². The maximum atomic E-state index is 13.1. The molecule has 0 unspecified atom stereocenters. The molecule has 0 aliphatic heterocycles. The van der Waals surface area contributed by atoms with Gasteiger partial charge in [-0.1, -0.05) is 37.2 Å². The van der Waals surface area contributed by atoms with Crippen molar-refractivity contribution >= 4 is 52.8 Å². The molecule has 0 saturated heterocycles. The third-order valence-electron chi connectivity index (χ3n) is 8.02. The highest BCUT2D eigenvalue weighted by atomic mass is 35.5. The fourth-order valence-corrected chi connectivity index (χ4v) is 5.20. The highest BCUT2D eigenvalue weighted by Gasteiger charge is 2.45. The SMILES string of the molecule is C.COC(=O)[C@H](CCNC(=O)C(=O)Cc1ccc(OC)nc1)NC(=O)c1ccc(Nc2nc(NC3(c4ccc(Cl)cc4)CC3)nc(OCC(F)(F)F)n2)cc1. The normalized spacial score (nSPS) is 13.3. The van der Waals surface area contributed by atoms with Crippen LogP contribution in [0.3, 0.4) is 0 Å². The highest BCUT2D eigenvalue weighted by molar-refractivity contribution is 6.36. The number of alkyl halides is 3. The number of carbonyl (C=O) groups is 4. The lowest BCUT2D eigenvalue weighted by Crippen LogP contribution is -2.44. The number of aromatic nitrogens is 4. The van der Waals surface area contributed by atoms with Crippen molar-refractivity contribution in [2.75, 3.05) is 38.0 Å². The van der Waals surface area contributed by atoms with E-state index < -0.39 is 53.9 Å². The second-order valence-electron chi connectivity index (χ2n) is 12.0. The molecule has 4 aromatic rings. The Morgan fingerprint density at radius 2 is 1.62 bits per heavy atom. The number of ketones is 1. The Hall–Kier alpha value is -6.04. The summed E-state index contributed by atoms with van der Waals surface area (Å²) in [7, 11) is 2.58. The lowest BCUT2D eigenvalue weighted by Gasteiger charge is -2.19. The summed E-state index contributed by atoms with van der Waals surface area (Å²) in [5, 5.41) is 11.6. The van der Waals surface area contributed by atoms with Gasteiger partial charge in [-0.25, -0.2) is 9.78 Å². The Morgan fingerprint density at radius 1 is 0.927 bits per heavy atom. The second kappa shape index (κ2) is 18.3. The monoisotopic (exact) mass is 786 g/mol. The van der Waals surface area contributed by atoms with E-state index in [0.717, 1.165) is 12.7 Å². The summed E-state index contributed by atoms with van der Waals surface area (Å²) in [4.78, 5) is 66.5. The Morgan fingerprint density at radius 3 is 2.22 bits per heavy atom. The molecule has 19 heteroatoms. The van der Waals surface area contributed by atoms with Gasteiger partial charge < -0.3 is 35.5 Å². The molecule has 2 aromatic carbocycles. The van der Waals surface area contributed by atoms with Gasteiger partial charge in [0, 0.05) is 41.5 Å². The number of pyridine rings is 1. The zero-order valence-electron chi connectivity index (χ0n) is 28.8. The molecule has 0 bridgehead atoms. The number of methoxy groups -OCH3 is 2. The average molecular weight is 787 g/mol. The van der Waals surface area contributed by atoms with Gasteiger partial charge in [-0.05, 0) is 66.8 Å². The molecule has 1 aliphatic rings. The van der Waals surface area contributed by atoms with E-state index in [0.29, 0.717) is 35.0 Å². The number of nitrogens with zero attached hydrogens (tertiary/aromatic N) is 4. The molecule has 15 nitrogen and oxygen atoms in total. The number of amides is 2. The van der Waals surface area contributed by atoms with E-state index in [1.165, 1.54) is 37.6 Å². The molecule has 5 rings (SSSR count). The fraction of sp³-hybridized carbons (Fsp3) is 0.333. The van der Waals surface area contributed by atoms with Crippen molar-refractivity contribution in [2.45, 2.75) is 50.9 Å². The second-order valence-corrected chi connectivity index (χ2v) is 12.4. The number of anilines is 3. The van der Waals surface area contributed by atoms with Gasteiger partial charge in [0.2, 0.25) is 23.6 Å². The molecule has 1 aliphatic carbocycles. The van der Waals surface area contributed by atoms with E-state index in [1.807, 2.05) is 12.1 Å². The maximum absolute atomic E-state index is 13.1. The smallest absolute Gasteiger partial charge is 0.422 e. The van der Waals surface area contributed by atoms with Crippen molar-refractivity contribution in [1.29, 1.82) is 0 Å². The highest BCUT2D eigenvalue weighted by Crippen LogP contribution is 2.48. The van der Waals surface area contributed by atoms with Crippen LogP contribution < -0.4 is 30.7 Å². The topological polar surface area (TPSA) is 196 Å². The number of hydrogen-bond donors (Lipinski definition) is 4. The molecule has 1 saturated carbocycles. The first kappa shape index (κ1) is 41.7. The maximum Gasteiger partial charge on any atom is 0.422 e. The minimum Gasteiger partial charge on any atom is -0.481 e. The van der Waals surface area contributed by atoms with Gasteiger partial charge in [-0.2, -0.15) is 28.1 Å². The van der Waals surface area contributed by atoms with Crippen LogP contribution in [0.5, 0.6) is 11.9 Å². The molecule has 1 atom stereocenters. The number of esters is 1. The van der Waals surface area contributed by atoms with E-state index in [1.54, 1.807) is 24.3 Å². The molecule has 4 N–H and O–H groups in total. The number of halogens is 4. The number of Topliss-reactive ketones (excluding diaryl/α,β-unsaturated/α-hetero) is 1. The first-order chi connectivity index (χ1) is 25.8. The average Bonchev–Trinajstić information content (AvgIpc) is 3.93. The first-order valence-electron chi connectivity index (χ1n) is 16.3. The van der Waals surface area contributed by atoms with E-state index >= 15 is 0 Å². The number of ether oxygens (including phenoxy) is 3. The van der Waals surface area contributed by atoms with E-state index in [-0.39, 0.29) is 44.3 Å². The zero-order valence-corrected chi connectivity index (χ0v) is 29.6. The lowest BCUT2D eigenvalue weighted by atomic mass is 10.1. The van der Waals surface area contributed by atoms with Crippen LogP contribution in [0.25, 0.3) is 0 Å². The van der Waals surface area contributed by atoms with Gasteiger partial charge in [0.05, 0.1) is 19.8 Å². The summed E-state index contributed by atoms with van der Waals surface area (Å²) in [6.07, 6.45) is -2.10. The van der Waals surface area contributed by atoms with Crippen molar-refractivity contribution in [3.8, 4) is 11.9 Å². The van der Waals surface area contributed by atoms with Crippen LogP contribution in [0.4, 0.5) is 30.8 Å². The van der Waals surface area contributed by atoms with Crippen LogP contribution in [0.15, 0.2) is 66.9 Å². The molecular weight excluding hydrogens is 749 g/mol. The molecule has 292 valence electrons. The third kappa shape index (κ3) is 12.0. The van der Waals surface area contributed by atoms with Crippen molar-refractivity contribution in [3.05, 3.63) is 88.6 Å². The van der Waals surface area contributed by atoms with Gasteiger partial charge in [0.15, 0.2) is 6.61 Å². The third-order valence-corrected chi connectivity index (χ3v) is 8.27. The summed E-state index contributed by atoms with van der Waals surface area (Å²) >= 11 is 6.03. The molecule has 0 spiro atoms. The van der Waals surface area contributed by atoms with Gasteiger partial charge in [-0.15, -0.1) is 0 Å². The van der Waals surface area contributed by atoms with Gasteiger partial charge in [0.1, 0.15) is 6.04 Å². The number of nitrogens with one attached hydrogen (secondary N) is 4. The summed E-state index contributed by atoms with van der Waals surface area (Å²) in [5.74, 6) is -2.85. The molecule has 1 fully saturated rings. The van der Waals surface area contributed by atoms with Gasteiger partial charge in [-0.3, -0.25) is 14.4 Å². The molecule has 2 amide bonds. The predicted molar refractivity (Wildman–Crippen MR) is 194 cm³/mol. The molecule has 0 radical (unpaired) electrons. The molecule has 55 heavy (non-hydrogen) atoms. The van der Waals surface area contributed by atoms with Crippen molar-refractivity contribution in [2.24, 2.45) is 0 Å². The van der Waals surface area contributed by atoms with Crippen LogP contribution in [0, 0.1) is 0 Å². The zero-order chi connectivity index (χ0) is 38.9. The Kier molecular flexibility index (Phi) is 13.9. The summed E-state index contributed by atoms with van der Waals surface area (Å²) in [6, 6.07) is 14.3. The quantitative estimate of drug-likeness (QED) is 0.0831. The number of carbonyl (C=O) groups excluding carboxylic acids is 4. The van der Waals surface area contributed by atoms with Crippen LogP contribution >= 0.6 is 11.6 Å². The van der Waals surface area contributed by atoms with Gasteiger partial charge >= 0.3 is 18.2 Å². The minimum atomic E-state index is -4.64. The lowest BCUT2D eigenvalue weighted by molar-refractivity contribution is -0.154.